The lowest BCUT2D eigenvalue weighted by Crippen LogP contribution is -2.49. The van der Waals surface area contributed by atoms with Gasteiger partial charge in [-0.25, -0.2) is 4.79 Å². The second kappa shape index (κ2) is 9.50. The van der Waals surface area contributed by atoms with Gasteiger partial charge in [-0.2, -0.15) is 11.8 Å². The second-order valence-corrected chi connectivity index (χ2v) is 7.01. The summed E-state index contributed by atoms with van der Waals surface area (Å²) in [6, 6.07) is 0.569. The molecule has 1 rings (SSSR count). The first-order valence-corrected chi connectivity index (χ1v) is 9.08. The van der Waals surface area contributed by atoms with Crippen molar-refractivity contribution in [3.8, 4) is 0 Å². The summed E-state index contributed by atoms with van der Waals surface area (Å²) in [6.45, 7) is 13.5. The van der Waals surface area contributed by atoms with E-state index in [1.807, 2.05) is 16.7 Å². The standard InChI is InChI=1S/C15H31N3OS/c1-5-17(6-2)14(11-13(3)4)12-16-15(19)18-7-9-20-10-8-18/h13-14H,5-12H2,1-4H3,(H,16,19). The van der Waals surface area contributed by atoms with E-state index in [-0.39, 0.29) is 6.03 Å². The molecule has 0 aromatic rings. The van der Waals surface area contributed by atoms with Gasteiger partial charge in [-0.15, -0.1) is 0 Å². The summed E-state index contributed by atoms with van der Waals surface area (Å²) in [5.74, 6) is 2.79. The molecule has 0 aliphatic carbocycles. The Kier molecular flexibility index (Phi) is 8.38. The fraction of sp³-hybridized carbons (Fsp3) is 0.933. The maximum Gasteiger partial charge on any atom is 0.317 e. The lowest BCUT2D eigenvalue weighted by Gasteiger charge is -2.33. The van der Waals surface area contributed by atoms with Crippen LogP contribution < -0.4 is 5.32 Å². The molecule has 1 fully saturated rings. The Labute approximate surface area is 128 Å². The minimum Gasteiger partial charge on any atom is -0.336 e. The van der Waals surface area contributed by atoms with Crippen molar-refractivity contribution >= 4 is 17.8 Å². The lowest BCUT2D eigenvalue weighted by atomic mass is 10.0. The van der Waals surface area contributed by atoms with Crippen molar-refractivity contribution in [2.75, 3.05) is 44.2 Å². The molecular weight excluding hydrogens is 270 g/mol. The molecule has 1 aliphatic heterocycles. The van der Waals surface area contributed by atoms with Crippen molar-refractivity contribution < 1.29 is 4.79 Å². The van der Waals surface area contributed by atoms with Crippen LogP contribution in [0.25, 0.3) is 0 Å². The van der Waals surface area contributed by atoms with Crippen LogP contribution in [0.3, 0.4) is 0 Å². The average Bonchev–Trinajstić information content (AvgIpc) is 2.45. The van der Waals surface area contributed by atoms with Gasteiger partial charge in [0.1, 0.15) is 0 Å². The smallest absolute Gasteiger partial charge is 0.317 e. The van der Waals surface area contributed by atoms with Gasteiger partial charge in [0.25, 0.3) is 0 Å². The number of nitrogens with zero attached hydrogens (tertiary/aromatic N) is 2. The van der Waals surface area contributed by atoms with Crippen molar-refractivity contribution in [3.05, 3.63) is 0 Å². The largest absolute Gasteiger partial charge is 0.336 e. The number of nitrogens with one attached hydrogen (secondary N) is 1. The predicted octanol–water partition coefficient (Wildman–Crippen LogP) is 2.50. The molecule has 5 heteroatoms. The molecule has 1 aliphatic rings. The molecular formula is C15H31N3OS. The van der Waals surface area contributed by atoms with E-state index in [0.29, 0.717) is 12.0 Å². The monoisotopic (exact) mass is 301 g/mol. The number of hydrogen-bond donors (Lipinski definition) is 1. The second-order valence-electron chi connectivity index (χ2n) is 5.79. The third-order valence-electron chi connectivity index (χ3n) is 3.86. The van der Waals surface area contributed by atoms with Crippen LogP contribution in [0.5, 0.6) is 0 Å². The molecule has 0 bridgehead atoms. The number of amides is 2. The topological polar surface area (TPSA) is 35.6 Å². The molecule has 1 unspecified atom stereocenters. The Morgan fingerprint density at radius 2 is 1.85 bits per heavy atom. The summed E-state index contributed by atoms with van der Waals surface area (Å²) in [4.78, 5) is 16.6. The van der Waals surface area contributed by atoms with E-state index < -0.39 is 0 Å². The number of urea groups is 1. The summed E-state index contributed by atoms with van der Waals surface area (Å²) in [7, 11) is 0. The number of carbonyl (C=O) groups is 1. The first-order valence-electron chi connectivity index (χ1n) is 7.93. The third kappa shape index (κ3) is 5.92. The molecule has 0 spiro atoms. The highest BCUT2D eigenvalue weighted by Crippen LogP contribution is 2.12. The van der Waals surface area contributed by atoms with Crippen molar-refractivity contribution in [2.45, 2.75) is 40.2 Å². The van der Waals surface area contributed by atoms with Crippen LogP contribution >= 0.6 is 11.8 Å². The van der Waals surface area contributed by atoms with Gasteiger partial charge in [-0.3, -0.25) is 4.90 Å². The molecule has 1 atom stereocenters. The quantitative estimate of drug-likeness (QED) is 0.785. The van der Waals surface area contributed by atoms with E-state index in [1.165, 1.54) is 0 Å². The summed E-state index contributed by atoms with van der Waals surface area (Å²) in [5, 5.41) is 3.14. The first kappa shape index (κ1) is 17.6. The van der Waals surface area contributed by atoms with Crippen LogP contribution in [0.15, 0.2) is 0 Å². The minimum atomic E-state index is 0.117. The highest BCUT2D eigenvalue weighted by Gasteiger charge is 2.21. The van der Waals surface area contributed by atoms with Crippen molar-refractivity contribution in [2.24, 2.45) is 5.92 Å². The Morgan fingerprint density at radius 1 is 1.25 bits per heavy atom. The number of carbonyl (C=O) groups excluding carboxylic acids is 1. The molecule has 0 aromatic heterocycles. The van der Waals surface area contributed by atoms with Crippen LogP contribution in [0.2, 0.25) is 0 Å². The van der Waals surface area contributed by atoms with E-state index in [2.05, 4.69) is 37.9 Å². The van der Waals surface area contributed by atoms with Gasteiger partial charge < -0.3 is 10.2 Å². The molecule has 0 aromatic carbocycles. The van der Waals surface area contributed by atoms with Gasteiger partial charge in [0, 0.05) is 37.2 Å². The average molecular weight is 302 g/mol. The number of hydrogen-bond acceptors (Lipinski definition) is 3. The summed E-state index contributed by atoms with van der Waals surface area (Å²) in [6.07, 6.45) is 1.14. The minimum absolute atomic E-state index is 0.117. The van der Waals surface area contributed by atoms with Gasteiger partial charge in [0.05, 0.1) is 0 Å². The predicted molar refractivity (Wildman–Crippen MR) is 88.5 cm³/mol. The Morgan fingerprint density at radius 3 is 2.35 bits per heavy atom. The Hall–Kier alpha value is -0.420. The molecule has 4 nitrogen and oxygen atoms in total. The molecule has 118 valence electrons. The fourth-order valence-corrected chi connectivity index (χ4v) is 3.63. The molecule has 0 saturated carbocycles. The molecule has 2 amide bonds. The highest BCUT2D eigenvalue weighted by molar-refractivity contribution is 7.99. The molecule has 0 radical (unpaired) electrons. The van der Waals surface area contributed by atoms with Crippen molar-refractivity contribution in [1.82, 2.24) is 15.1 Å². The summed E-state index contributed by atoms with van der Waals surface area (Å²) < 4.78 is 0. The van der Waals surface area contributed by atoms with Gasteiger partial charge in [-0.1, -0.05) is 27.7 Å². The Balaban J connectivity index is 2.45. The summed E-state index contributed by atoms with van der Waals surface area (Å²) in [5.41, 5.74) is 0. The van der Waals surface area contributed by atoms with E-state index in [9.17, 15) is 4.79 Å². The van der Waals surface area contributed by atoms with Gasteiger partial charge in [0.15, 0.2) is 0 Å². The van der Waals surface area contributed by atoms with Crippen LogP contribution in [0.1, 0.15) is 34.1 Å². The third-order valence-corrected chi connectivity index (χ3v) is 4.80. The van der Waals surface area contributed by atoms with E-state index in [1.54, 1.807) is 0 Å². The van der Waals surface area contributed by atoms with E-state index >= 15 is 0 Å². The maximum atomic E-state index is 12.2. The van der Waals surface area contributed by atoms with Crippen LogP contribution in [-0.2, 0) is 0 Å². The fourth-order valence-electron chi connectivity index (χ4n) is 2.73. The zero-order valence-electron chi connectivity index (χ0n) is 13.5. The van der Waals surface area contributed by atoms with E-state index in [4.69, 9.17) is 0 Å². The molecule has 1 heterocycles. The zero-order valence-corrected chi connectivity index (χ0v) is 14.3. The zero-order chi connectivity index (χ0) is 15.0. The van der Waals surface area contributed by atoms with Gasteiger partial charge in [-0.05, 0) is 25.4 Å². The summed E-state index contributed by atoms with van der Waals surface area (Å²) >= 11 is 1.93. The first-order chi connectivity index (χ1) is 9.58. The van der Waals surface area contributed by atoms with Crippen LogP contribution in [0.4, 0.5) is 4.79 Å². The lowest BCUT2D eigenvalue weighted by molar-refractivity contribution is 0.173. The SMILES string of the molecule is CCN(CC)C(CNC(=O)N1CCSCC1)CC(C)C. The van der Waals surface area contributed by atoms with Gasteiger partial charge >= 0.3 is 6.03 Å². The highest BCUT2D eigenvalue weighted by atomic mass is 32.2. The normalized spacial score (nSPS) is 17.6. The molecule has 1 N–H and O–H groups in total. The van der Waals surface area contributed by atoms with Crippen molar-refractivity contribution in [3.63, 3.8) is 0 Å². The number of thioether (sulfide) groups is 1. The molecule has 20 heavy (non-hydrogen) atoms. The van der Waals surface area contributed by atoms with Crippen LogP contribution in [0, 0.1) is 5.92 Å². The number of rotatable bonds is 7. The Bertz CT molecular complexity index is 276. The number of likely N-dealkylation sites (N-methyl/N-ethyl adjacent to an activating group) is 1. The molecule has 1 saturated heterocycles. The van der Waals surface area contributed by atoms with E-state index in [0.717, 1.165) is 50.7 Å². The van der Waals surface area contributed by atoms with Crippen molar-refractivity contribution in [1.29, 1.82) is 0 Å². The van der Waals surface area contributed by atoms with Crippen LogP contribution in [-0.4, -0.2) is 66.1 Å². The van der Waals surface area contributed by atoms with Gasteiger partial charge in [0.2, 0.25) is 0 Å². The maximum absolute atomic E-state index is 12.2.